The fraction of sp³-hybridized carbons (Fsp3) is 0.0435. The summed E-state index contributed by atoms with van der Waals surface area (Å²) >= 11 is 3.20. The highest BCUT2D eigenvalue weighted by Crippen LogP contribution is 2.27. The third-order valence-corrected chi connectivity index (χ3v) is 5.00. The zero-order valence-corrected chi connectivity index (χ0v) is 17.6. The fourth-order valence-corrected chi connectivity index (χ4v) is 3.35. The molecule has 1 aromatic heterocycles. The van der Waals surface area contributed by atoms with Crippen LogP contribution < -0.4 is 10.1 Å². The van der Waals surface area contributed by atoms with Crippen molar-refractivity contribution in [2.24, 2.45) is 0 Å². The molecule has 7 heteroatoms. The molecular weight excluding hydrogens is 449 g/mol. The second kappa shape index (κ2) is 8.51. The van der Waals surface area contributed by atoms with Gasteiger partial charge in [-0.05, 0) is 42.5 Å². The van der Waals surface area contributed by atoms with Crippen molar-refractivity contribution in [1.29, 1.82) is 0 Å². The summed E-state index contributed by atoms with van der Waals surface area (Å²) in [6, 6.07) is 21.2. The van der Waals surface area contributed by atoms with Crippen molar-refractivity contribution >= 4 is 27.8 Å². The predicted molar refractivity (Wildman–Crippen MR) is 118 cm³/mol. The number of amides is 1. The molecular formula is C23H17BrFN3O2. The van der Waals surface area contributed by atoms with Crippen molar-refractivity contribution in [2.75, 3.05) is 12.4 Å². The molecule has 4 rings (SSSR count). The number of halogens is 2. The van der Waals surface area contributed by atoms with Crippen LogP contribution in [0.2, 0.25) is 0 Å². The second-order valence-electron chi connectivity index (χ2n) is 6.47. The number of imidazole rings is 1. The van der Waals surface area contributed by atoms with Gasteiger partial charge in [0.1, 0.15) is 11.6 Å². The third kappa shape index (κ3) is 4.11. The number of carbonyl (C=O) groups excluding carboxylic acids is 1. The van der Waals surface area contributed by atoms with E-state index in [1.165, 1.54) is 12.1 Å². The summed E-state index contributed by atoms with van der Waals surface area (Å²) in [5.74, 6) is -0.219. The minimum atomic E-state index is -0.618. The van der Waals surface area contributed by atoms with Gasteiger partial charge in [0.05, 0.1) is 18.4 Å². The zero-order valence-electron chi connectivity index (χ0n) is 16.0. The Balaban J connectivity index is 1.75. The molecule has 3 aromatic carbocycles. The van der Waals surface area contributed by atoms with E-state index in [-0.39, 0.29) is 11.5 Å². The number of benzene rings is 3. The highest BCUT2D eigenvalue weighted by atomic mass is 79.9. The molecule has 1 N–H and O–H groups in total. The van der Waals surface area contributed by atoms with E-state index >= 15 is 0 Å². The number of methoxy groups -OCH3 is 1. The average molecular weight is 466 g/mol. The van der Waals surface area contributed by atoms with Crippen LogP contribution in [0.1, 0.15) is 10.4 Å². The Bertz CT molecular complexity index is 1210. The Morgan fingerprint density at radius 2 is 1.87 bits per heavy atom. The number of carbonyl (C=O) groups is 1. The number of anilines is 1. The maximum atomic E-state index is 14.2. The summed E-state index contributed by atoms with van der Waals surface area (Å²) in [6.45, 7) is 0. The smallest absolute Gasteiger partial charge is 0.260 e. The van der Waals surface area contributed by atoms with Crippen LogP contribution in [0.5, 0.6) is 5.75 Å². The first-order chi connectivity index (χ1) is 14.5. The van der Waals surface area contributed by atoms with Gasteiger partial charge in [0.25, 0.3) is 5.91 Å². The Kier molecular flexibility index (Phi) is 5.63. The molecule has 0 saturated carbocycles. The summed E-state index contributed by atoms with van der Waals surface area (Å²) < 4.78 is 21.9. The van der Waals surface area contributed by atoms with Crippen LogP contribution >= 0.6 is 15.9 Å². The van der Waals surface area contributed by atoms with Crippen LogP contribution in [0.3, 0.4) is 0 Å². The van der Waals surface area contributed by atoms with Crippen LogP contribution in [0.25, 0.3) is 16.9 Å². The van der Waals surface area contributed by atoms with Crippen molar-refractivity contribution in [3.05, 3.63) is 94.8 Å². The molecule has 0 aliphatic heterocycles. The van der Waals surface area contributed by atoms with Gasteiger partial charge in [0, 0.05) is 21.9 Å². The molecule has 0 spiro atoms. The van der Waals surface area contributed by atoms with E-state index in [2.05, 4.69) is 26.2 Å². The minimum absolute atomic E-state index is 0.0660. The van der Waals surface area contributed by atoms with Crippen molar-refractivity contribution < 1.29 is 13.9 Å². The molecule has 0 atom stereocenters. The van der Waals surface area contributed by atoms with E-state index in [1.54, 1.807) is 17.7 Å². The van der Waals surface area contributed by atoms with Crippen molar-refractivity contribution in [1.82, 2.24) is 9.55 Å². The molecule has 4 aromatic rings. The summed E-state index contributed by atoms with van der Waals surface area (Å²) in [7, 11) is 1.60. The normalized spacial score (nSPS) is 10.6. The maximum absolute atomic E-state index is 14.2. The van der Waals surface area contributed by atoms with E-state index in [1.807, 2.05) is 60.8 Å². The lowest BCUT2D eigenvalue weighted by Crippen LogP contribution is -2.16. The van der Waals surface area contributed by atoms with Gasteiger partial charge in [-0.2, -0.15) is 0 Å². The van der Waals surface area contributed by atoms with Gasteiger partial charge in [-0.3, -0.25) is 14.7 Å². The SMILES string of the molecule is COc1cccc(-c2cn(-c3ccccc3)c(NC(=O)c3ccc(Br)cc3F)n2)c1. The molecule has 1 amide bonds. The molecule has 0 fully saturated rings. The molecule has 0 aliphatic carbocycles. The van der Waals surface area contributed by atoms with Gasteiger partial charge in [-0.25, -0.2) is 9.37 Å². The highest BCUT2D eigenvalue weighted by molar-refractivity contribution is 9.10. The Morgan fingerprint density at radius 3 is 2.60 bits per heavy atom. The summed E-state index contributed by atoms with van der Waals surface area (Å²) in [4.78, 5) is 17.3. The Hall–Kier alpha value is -3.45. The third-order valence-electron chi connectivity index (χ3n) is 4.51. The number of aromatic nitrogens is 2. The zero-order chi connectivity index (χ0) is 21.1. The Morgan fingerprint density at radius 1 is 1.07 bits per heavy atom. The number of nitrogens with zero attached hydrogens (tertiary/aromatic N) is 2. The maximum Gasteiger partial charge on any atom is 0.260 e. The number of rotatable bonds is 5. The first-order valence-corrected chi connectivity index (χ1v) is 9.90. The standard InChI is InChI=1S/C23H17BrFN3O2/c1-30-18-9-5-6-15(12-18)21-14-28(17-7-3-2-4-8-17)23(26-21)27-22(29)19-11-10-16(24)13-20(19)25/h2-14H,1H3,(H,26,27,29). The van der Waals surface area contributed by atoms with Gasteiger partial charge >= 0.3 is 0 Å². The van der Waals surface area contributed by atoms with Crippen molar-refractivity contribution in [3.63, 3.8) is 0 Å². The van der Waals surface area contributed by atoms with Gasteiger partial charge in [-0.15, -0.1) is 0 Å². The summed E-state index contributed by atoms with van der Waals surface area (Å²) in [5, 5.41) is 2.73. The number of ether oxygens (including phenoxy) is 1. The van der Waals surface area contributed by atoms with Crippen LogP contribution in [-0.2, 0) is 0 Å². The van der Waals surface area contributed by atoms with E-state index < -0.39 is 11.7 Å². The molecule has 5 nitrogen and oxygen atoms in total. The van der Waals surface area contributed by atoms with E-state index in [0.29, 0.717) is 15.9 Å². The minimum Gasteiger partial charge on any atom is -0.497 e. The van der Waals surface area contributed by atoms with E-state index in [4.69, 9.17) is 4.74 Å². The lowest BCUT2D eigenvalue weighted by molar-refractivity contribution is 0.102. The topological polar surface area (TPSA) is 56.1 Å². The number of para-hydroxylation sites is 1. The van der Waals surface area contributed by atoms with Gasteiger partial charge < -0.3 is 4.74 Å². The largest absolute Gasteiger partial charge is 0.497 e. The lowest BCUT2D eigenvalue weighted by atomic mass is 10.1. The van der Waals surface area contributed by atoms with Crippen LogP contribution in [0, 0.1) is 5.82 Å². The predicted octanol–water partition coefficient (Wildman–Crippen LogP) is 5.70. The first kappa shape index (κ1) is 19.8. The van der Waals surface area contributed by atoms with Crippen LogP contribution in [0.15, 0.2) is 83.5 Å². The molecule has 0 aliphatic rings. The molecule has 30 heavy (non-hydrogen) atoms. The molecule has 150 valence electrons. The molecule has 0 unspecified atom stereocenters. The number of hydrogen-bond acceptors (Lipinski definition) is 3. The lowest BCUT2D eigenvalue weighted by Gasteiger charge is -2.09. The molecule has 1 heterocycles. The Labute approximate surface area is 181 Å². The first-order valence-electron chi connectivity index (χ1n) is 9.11. The highest BCUT2D eigenvalue weighted by Gasteiger charge is 2.17. The molecule has 0 radical (unpaired) electrons. The van der Waals surface area contributed by atoms with E-state index in [0.717, 1.165) is 11.3 Å². The fourth-order valence-electron chi connectivity index (χ4n) is 3.02. The summed E-state index contributed by atoms with van der Waals surface area (Å²) in [6.07, 6.45) is 1.82. The van der Waals surface area contributed by atoms with Crippen LogP contribution in [-0.4, -0.2) is 22.6 Å². The quantitative estimate of drug-likeness (QED) is 0.411. The van der Waals surface area contributed by atoms with Gasteiger partial charge in [0.15, 0.2) is 0 Å². The van der Waals surface area contributed by atoms with Crippen molar-refractivity contribution in [3.8, 4) is 22.7 Å². The monoisotopic (exact) mass is 465 g/mol. The second-order valence-corrected chi connectivity index (χ2v) is 7.38. The average Bonchev–Trinajstić information content (AvgIpc) is 3.18. The van der Waals surface area contributed by atoms with Gasteiger partial charge in [0.2, 0.25) is 5.95 Å². The number of hydrogen-bond donors (Lipinski definition) is 1. The molecule has 0 saturated heterocycles. The van der Waals surface area contributed by atoms with Gasteiger partial charge in [-0.1, -0.05) is 46.3 Å². The number of nitrogens with one attached hydrogen (secondary N) is 1. The molecule has 0 bridgehead atoms. The van der Waals surface area contributed by atoms with E-state index in [9.17, 15) is 9.18 Å². The van der Waals surface area contributed by atoms with Crippen LogP contribution in [0.4, 0.5) is 10.3 Å². The summed E-state index contributed by atoms with van der Waals surface area (Å²) in [5.41, 5.74) is 2.22. The van der Waals surface area contributed by atoms with Crippen molar-refractivity contribution in [2.45, 2.75) is 0 Å².